The van der Waals surface area contributed by atoms with Crippen LogP contribution in [0.4, 0.5) is 11.4 Å². The molecule has 16 heteroatoms. The van der Waals surface area contributed by atoms with E-state index in [-0.39, 0.29) is 38.7 Å². The first kappa shape index (κ1) is 26.1. The topological polar surface area (TPSA) is 206 Å². The number of azo groups is 1. The van der Waals surface area contributed by atoms with E-state index in [2.05, 4.69) is 10.2 Å². The third-order valence-electron chi connectivity index (χ3n) is 5.06. The normalized spacial score (nSPS) is 13.0. The van der Waals surface area contributed by atoms with Crippen LogP contribution in [-0.2, 0) is 30.4 Å². The summed E-state index contributed by atoms with van der Waals surface area (Å²) < 4.78 is 111. The van der Waals surface area contributed by atoms with E-state index in [4.69, 9.17) is 3.79 Å². The first-order valence-electron chi connectivity index (χ1n) is 9.50. The average molecular weight is 561 g/mol. The van der Waals surface area contributed by atoms with Crippen LogP contribution in [0.15, 0.2) is 85.6 Å². The molecule has 4 rings (SSSR count). The van der Waals surface area contributed by atoms with Gasteiger partial charge in [0.15, 0.2) is 0 Å². The average Bonchev–Trinajstić information content (AvgIpc) is 2.79. The van der Waals surface area contributed by atoms with Crippen molar-refractivity contribution in [1.29, 1.82) is 0 Å². The van der Waals surface area contributed by atoms with Crippen LogP contribution in [0.25, 0.3) is 21.5 Å². The van der Waals surface area contributed by atoms with Gasteiger partial charge >= 0.3 is 16.6 Å². The van der Waals surface area contributed by atoms with Crippen LogP contribution in [0.3, 0.4) is 0 Å². The van der Waals surface area contributed by atoms with Gasteiger partial charge in [0, 0.05) is 16.2 Å². The molecule has 0 N–H and O–H groups in total. The highest BCUT2D eigenvalue weighted by molar-refractivity contribution is 7.86. The summed E-state index contributed by atoms with van der Waals surface area (Å²) >= 11 is 1.90. The van der Waals surface area contributed by atoms with Crippen molar-refractivity contribution in [2.75, 3.05) is 0 Å². The first-order valence-corrected chi connectivity index (χ1v) is 14.2. The monoisotopic (exact) mass is 561 g/mol. The number of rotatable bonds is 6. The summed E-state index contributed by atoms with van der Waals surface area (Å²) in [4.78, 5) is -2.46. The number of fused-ring (bicyclic) bond motifs is 2. The predicted molar refractivity (Wildman–Crippen MR) is 122 cm³/mol. The second kappa shape index (κ2) is 9.18. The van der Waals surface area contributed by atoms with Gasteiger partial charge in [0.25, 0.3) is 0 Å². The van der Waals surface area contributed by atoms with Crippen molar-refractivity contribution in [1.82, 2.24) is 0 Å². The van der Waals surface area contributed by atoms with E-state index in [0.29, 0.717) is 6.07 Å². The van der Waals surface area contributed by atoms with E-state index in [1.165, 1.54) is 36.4 Å². The van der Waals surface area contributed by atoms with Crippen LogP contribution < -0.4 is 3.79 Å². The summed E-state index contributed by atoms with van der Waals surface area (Å²) in [5.41, 5.74) is -0.216. The predicted octanol–water partition coefficient (Wildman–Crippen LogP) is 2.58. The van der Waals surface area contributed by atoms with Crippen LogP contribution in [-0.4, -0.2) is 55.5 Å². The largest absolute Gasteiger partial charge is 0.744 e. The molecule has 36 heavy (non-hydrogen) atoms. The molecule has 0 bridgehead atoms. The molecule has 184 valence electrons. The maximum Gasteiger partial charge on any atom is 0.482 e. The van der Waals surface area contributed by atoms with Crippen molar-refractivity contribution >= 4 is 79.9 Å². The Morgan fingerprint density at radius 1 is 0.694 bits per heavy atom. The van der Waals surface area contributed by atoms with Gasteiger partial charge in [-0.25, -0.2) is 25.3 Å². The molecule has 2 radical (unpaired) electrons. The van der Waals surface area contributed by atoms with E-state index in [1.807, 2.05) is 16.6 Å². The van der Waals surface area contributed by atoms with Crippen LogP contribution in [0, 0.1) is 0 Å². The Labute approximate surface area is 213 Å². The fraction of sp³-hybridized carbons (Fsp3) is 0. The second-order valence-electron chi connectivity index (χ2n) is 7.24. The summed E-state index contributed by atoms with van der Waals surface area (Å²) in [5, 5.41) is 7.86. The summed E-state index contributed by atoms with van der Waals surface area (Å²) in [6.07, 6.45) is 0. The molecule has 0 aromatic heterocycles. The zero-order chi connectivity index (χ0) is 26.5. The van der Waals surface area contributed by atoms with Gasteiger partial charge in [0.05, 0.1) is 20.4 Å². The quantitative estimate of drug-likeness (QED) is 0.191. The van der Waals surface area contributed by atoms with Gasteiger partial charge in [-0.3, -0.25) is 0 Å². The lowest BCUT2D eigenvalue weighted by molar-refractivity contribution is 0.459. The zero-order valence-electron chi connectivity index (χ0n) is 17.6. The molecule has 0 atom stereocenters. The molecule has 0 spiro atoms. The maximum atomic E-state index is 12.0. The van der Waals surface area contributed by atoms with Crippen LogP contribution in [0.2, 0.25) is 0 Å². The number of nitrogens with zero attached hydrogens (tertiary/aromatic N) is 2. The van der Waals surface area contributed by atoms with Crippen molar-refractivity contribution in [3.05, 3.63) is 60.7 Å². The summed E-state index contributed by atoms with van der Waals surface area (Å²) in [7, 11) is -15.2. The third kappa shape index (κ3) is 4.98. The van der Waals surface area contributed by atoms with E-state index < -0.39 is 45.0 Å². The van der Waals surface area contributed by atoms with Gasteiger partial charge in [-0.1, -0.05) is 30.3 Å². The highest BCUT2D eigenvalue weighted by Gasteiger charge is 2.19. The summed E-state index contributed by atoms with van der Waals surface area (Å²) in [6, 6.07) is 12.0. The molecule has 0 aliphatic rings. The molecule has 0 saturated heterocycles. The van der Waals surface area contributed by atoms with Gasteiger partial charge in [0.2, 0.25) is 0 Å². The molecular formula is C20H10AlN2O10S3-3. The minimum Gasteiger partial charge on any atom is -0.744 e. The third-order valence-corrected chi connectivity index (χ3v) is 7.89. The first-order chi connectivity index (χ1) is 16.7. The van der Waals surface area contributed by atoms with E-state index in [1.54, 1.807) is 6.07 Å². The fourth-order valence-corrected chi connectivity index (χ4v) is 5.78. The Hall–Kier alpha value is -2.94. The Morgan fingerprint density at radius 2 is 1.33 bits per heavy atom. The molecular weight excluding hydrogens is 551 g/mol. The Bertz CT molecular complexity index is 1910. The Morgan fingerprint density at radius 3 is 1.92 bits per heavy atom. The molecule has 0 aliphatic heterocycles. The van der Waals surface area contributed by atoms with Crippen LogP contribution in [0.5, 0.6) is 5.75 Å². The number of hydrogen-bond donors (Lipinski definition) is 0. The minimum absolute atomic E-state index is 0.0671. The molecule has 0 unspecified atom stereocenters. The van der Waals surface area contributed by atoms with Gasteiger partial charge in [-0.15, -0.1) is 10.2 Å². The van der Waals surface area contributed by atoms with Crippen molar-refractivity contribution in [3.8, 4) is 5.75 Å². The molecule has 0 heterocycles. The lowest BCUT2D eigenvalue weighted by atomic mass is 10.1. The van der Waals surface area contributed by atoms with Gasteiger partial charge in [-0.2, -0.15) is 0 Å². The van der Waals surface area contributed by atoms with Crippen LogP contribution in [0.1, 0.15) is 0 Å². The minimum atomic E-state index is -5.32. The van der Waals surface area contributed by atoms with Crippen molar-refractivity contribution < 1.29 is 42.7 Å². The SMILES string of the molecule is O=S(=O)([O-])c1cc(S(=O)(=O)[O-])c2c(N=Nc3ccc(S(=O)(=O)[O-])c4ccccc34)c([O][Al])ccc2c1. The number of hydrogen-bond acceptors (Lipinski definition) is 12. The molecule has 4 aromatic carbocycles. The maximum absolute atomic E-state index is 12.0. The van der Waals surface area contributed by atoms with Gasteiger partial charge in [0.1, 0.15) is 41.8 Å². The van der Waals surface area contributed by atoms with Crippen LogP contribution >= 0.6 is 0 Å². The second-order valence-corrected chi connectivity index (χ2v) is 11.6. The highest BCUT2D eigenvalue weighted by atomic mass is 32.2. The van der Waals surface area contributed by atoms with Crippen molar-refractivity contribution in [2.24, 2.45) is 10.2 Å². The van der Waals surface area contributed by atoms with Gasteiger partial charge < -0.3 is 17.4 Å². The van der Waals surface area contributed by atoms with E-state index in [9.17, 15) is 38.9 Å². The van der Waals surface area contributed by atoms with E-state index >= 15 is 0 Å². The fourth-order valence-electron chi connectivity index (χ4n) is 3.56. The summed E-state index contributed by atoms with van der Waals surface area (Å²) in [5.74, 6) is -0.0815. The Kier molecular flexibility index (Phi) is 6.66. The lowest BCUT2D eigenvalue weighted by Crippen LogP contribution is -2.05. The number of benzene rings is 4. The summed E-state index contributed by atoms with van der Waals surface area (Å²) in [6.45, 7) is 0. The molecule has 0 aliphatic carbocycles. The molecule has 12 nitrogen and oxygen atoms in total. The lowest BCUT2D eigenvalue weighted by Gasteiger charge is -2.18. The molecule has 0 fully saturated rings. The molecule has 0 amide bonds. The van der Waals surface area contributed by atoms with Crippen molar-refractivity contribution in [3.63, 3.8) is 0 Å². The molecule has 0 saturated carbocycles. The standard InChI is InChI=1S/C20H14N2O10S3.Al/c23-16-7-5-11-9-12(33(24,25)26)10-18(35(30,31)32)19(11)20(16)22-21-15-6-8-17(34(27,28)29)14-4-2-1-3-13(14)15;/h1-10,23H,(H,24,25,26)(H,27,28,29)(H,30,31,32);/q;+1/p-4. The molecule has 4 aromatic rings. The van der Waals surface area contributed by atoms with E-state index in [0.717, 1.165) is 12.1 Å². The zero-order valence-corrected chi connectivity index (χ0v) is 21.2. The smallest absolute Gasteiger partial charge is 0.482 e. The highest BCUT2D eigenvalue weighted by Crippen LogP contribution is 2.42. The Balaban J connectivity index is 2.04. The van der Waals surface area contributed by atoms with Crippen molar-refractivity contribution in [2.45, 2.75) is 14.7 Å². The van der Waals surface area contributed by atoms with Gasteiger partial charge in [-0.05, 0) is 35.7 Å².